The Hall–Kier alpha value is -1.72. The summed E-state index contributed by atoms with van der Waals surface area (Å²) in [5, 5.41) is 2.81. The number of thiophene rings is 1. The standard InChI is InChI=1S/C17H17FN2OS/c18-14-4-2-1-3-11(14)8-19-17(21)15-7-12-9-20(13-5-6-13)10-16(12)22-15/h1-4,7,13H,5-6,8-10H2,(H,19,21). The quantitative estimate of drug-likeness (QED) is 0.939. The van der Waals surface area contributed by atoms with E-state index in [1.54, 1.807) is 29.5 Å². The third-order valence-corrected chi connectivity index (χ3v) is 5.46. The summed E-state index contributed by atoms with van der Waals surface area (Å²) in [6.07, 6.45) is 2.62. The van der Waals surface area contributed by atoms with Crippen molar-refractivity contribution in [3.05, 3.63) is 57.0 Å². The number of hydrogen-bond donors (Lipinski definition) is 1. The molecule has 1 saturated carbocycles. The Balaban J connectivity index is 1.40. The van der Waals surface area contributed by atoms with Crippen LogP contribution in [0.2, 0.25) is 0 Å². The highest BCUT2D eigenvalue weighted by Crippen LogP contribution is 2.38. The minimum atomic E-state index is -0.281. The molecule has 2 aromatic rings. The van der Waals surface area contributed by atoms with Crippen molar-refractivity contribution in [1.82, 2.24) is 10.2 Å². The molecule has 2 heterocycles. The summed E-state index contributed by atoms with van der Waals surface area (Å²) in [6, 6.07) is 9.29. The van der Waals surface area contributed by atoms with Gasteiger partial charge in [0.1, 0.15) is 5.82 Å². The molecule has 3 nitrogen and oxygen atoms in total. The first kappa shape index (κ1) is 13.9. The lowest BCUT2D eigenvalue weighted by Gasteiger charge is -2.12. The van der Waals surface area contributed by atoms with E-state index in [1.165, 1.54) is 29.3 Å². The zero-order valence-electron chi connectivity index (χ0n) is 12.1. The normalized spacial score (nSPS) is 17.5. The van der Waals surface area contributed by atoms with Gasteiger partial charge in [-0.1, -0.05) is 18.2 Å². The highest BCUT2D eigenvalue weighted by molar-refractivity contribution is 7.14. The largest absolute Gasteiger partial charge is 0.347 e. The van der Waals surface area contributed by atoms with Gasteiger partial charge in [-0.2, -0.15) is 0 Å². The second-order valence-corrected chi connectivity index (χ2v) is 7.11. The number of nitrogens with one attached hydrogen (secondary N) is 1. The highest BCUT2D eigenvalue weighted by Gasteiger charge is 2.34. The molecule has 1 aromatic carbocycles. The Morgan fingerprint density at radius 1 is 1.32 bits per heavy atom. The molecule has 1 amide bonds. The van der Waals surface area contributed by atoms with Crippen molar-refractivity contribution in [2.75, 3.05) is 0 Å². The van der Waals surface area contributed by atoms with Gasteiger partial charge >= 0.3 is 0 Å². The van der Waals surface area contributed by atoms with Gasteiger partial charge in [-0.3, -0.25) is 9.69 Å². The Morgan fingerprint density at radius 3 is 2.86 bits per heavy atom. The van der Waals surface area contributed by atoms with Crippen LogP contribution in [0, 0.1) is 5.82 Å². The van der Waals surface area contributed by atoms with Gasteiger partial charge < -0.3 is 5.32 Å². The van der Waals surface area contributed by atoms with Gasteiger partial charge in [0.05, 0.1) is 4.88 Å². The van der Waals surface area contributed by atoms with Crippen LogP contribution >= 0.6 is 11.3 Å². The molecule has 114 valence electrons. The summed E-state index contributed by atoms with van der Waals surface area (Å²) in [7, 11) is 0. The van der Waals surface area contributed by atoms with Crippen molar-refractivity contribution in [1.29, 1.82) is 0 Å². The second kappa shape index (κ2) is 5.48. The third-order valence-electron chi connectivity index (χ3n) is 4.30. The molecule has 1 N–H and O–H groups in total. The molecule has 2 aliphatic rings. The number of nitrogens with zero attached hydrogens (tertiary/aromatic N) is 1. The average molecular weight is 316 g/mol. The van der Waals surface area contributed by atoms with Gasteiger partial charge in [0.25, 0.3) is 5.91 Å². The zero-order chi connectivity index (χ0) is 15.1. The number of halogens is 1. The van der Waals surface area contributed by atoms with Gasteiger partial charge in [0, 0.05) is 36.1 Å². The minimum Gasteiger partial charge on any atom is -0.347 e. The van der Waals surface area contributed by atoms with Crippen molar-refractivity contribution < 1.29 is 9.18 Å². The van der Waals surface area contributed by atoms with Crippen molar-refractivity contribution >= 4 is 17.2 Å². The van der Waals surface area contributed by atoms with E-state index in [0.717, 1.165) is 24.0 Å². The van der Waals surface area contributed by atoms with Gasteiger partial charge in [0.15, 0.2) is 0 Å². The van der Waals surface area contributed by atoms with Crippen molar-refractivity contribution in [2.24, 2.45) is 0 Å². The van der Waals surface area contributed by atoms with E-state index in [4.69, 9.17) is 0 Å². The Labute approximate surface area is 132 Å². The smallest absolute Gasteiger partial charge is 0.261 e. The maximum Gasteiger partial charge on any atom is 0.261 e. The summed E-state index contributed by atoms with van der Waals surface area (Å²) in [6.45, 7) is 2.17. The van der Waals surface area contributed by atoms with Gasteiger partial charge in [-0.15, -0.1) is 11.3 Å². The number of rotatable bonds is 4. The van der Waals surface area contributed by atoms with E-state index in [0.29, 0.717) is 5.56 Å². The molecule has 22 heavy (non-hydrogen) atoms. The molecule has 1 aromatic heterocycles. The van der Waals surface area contributed by atoms with E-state index in [9.17, 15) is 9.18 Å². The summed E-state index contributed by atoms with van der Waals surface area (Å²) >= 11 is 1.57. The average Bonchev–Trinajstić information content (AvgIpc) is 3.16. The molecule has 1 aliphatic carbocycles. The van der Waals surface area contributed by atoms with Gasteiger partial charge in [0.2, 0.25) is 0 Å². The zero-order valence-corrected chi connectivity index (χ0v) is 13.0. The van der Waals surface area contributed by atoms with Crippen LogP contribution in [0.1, 0.15) is 38.5 Å². The van der Waals surface area contributed by atoms with Crippen molar-refractivity contribution in [3.63, 3.8) is 0 Å². The minimum absolute atomic E-state index is 0.111. The molecule has 0 spiro atoms. The van der Waals surface area contributed by atoms with E-state index in [2.05, 4.69) is 10.2 Å². The van der Waals surface area contributed by atoms with Crippen molar-refractivity contribution in [3.8, 4) is 0 Å². The lowest BCUT2D eigenvalue weighted by Crippen LogP contribution is -2.23. The number of carbonyl (C=O) groups is 1. The maximum atomic E-state index is 13.5. The van der Waals surface area contributed by atoms with E-state index < -0.39 is 0 Å². The first-order valence-electron chi connectivity index (χ1n) is 7.58. The fourth-order valence-corrected chi connectivity index (χ4v) is 4.02. The molecule has 0 radical (unpaired) electrons. The monoisotopic (exact) mass is 316 g/mol. The molecule has 0 bridgehead atoms. The van der Waals surface area contributed by atoms with Crippen LogP contribution in [0.3, 0.4) is 0 Å². The predicted molar refractivity (Wildman–Crippen MR) is 84.2 cm³/mol. The fraction of sp³-hybridized carbons (Fsp3) is 0.353. The van der Waals surface area contributed by atoms with Gasteiger partial charge in [-0.05, 0) is 30.5 Å². The first-order chi connectivity index (χ1) is 10.7. The van der Waals surface area contributed by atoms with Crippen LogP contribution in [0.25, 0.3) is 0 Å². The van der Waals surface area contributed by atoms with Crippen LogP contribution in [-0.4, -0.2) is 16.8 Å². The molecule has 0 saturated heterocycles. The number of carbonyl (C=O) groups excluding carboxylic acids is 1. The second-order valence-electron chi connectivity index (χ2n) is 5.97. The third kappa shape index (κ3) is 2.66. The van der Waals surface area contributed by atoms with Crippen LogP contribution in [-0.2, 0) is 19.6 Å². The SMILES string of the molecule is O=C(NCc1ccccc1F)c1cc2c(s1)CN(C1CC1)C2. The number of benzene rings is 1. The predicted octanol–water partition coefficient (Wildman–Crippen LogP) is 3.30. The van der Waals surface area contributed by atoms with E-state index in [-0.39, 0.29) is 18.3 Å². The Morgan fingerprint density at radius 2 is 2.14 bits per heavy atom. The maximum absolute atomic E-state index is 13.5. The summed E-state index contributed by atoms with van der Waals surface area (Å²) in [5.74, 6) is -0.392. The first-order valence-corrected chi connectivity index (χ1v) is 8.39. The molecular weight excluding hydrogens is 299 g/mol. The van der Waals surface area contributed by atoms with E-state index >= 15 is 0 Å². The molecule has 0 atom stereocenters. The molecule has 4 rings (SSSR count). The highest BCUT2D eigenvalue weighted by atomic mass is 32.1. The number of hydrogen-bond acceptors (Lipinski definition) is 3. The van der Waals surface area contributed by atoms with Crippen LogP contribution in [0.15, 0.2) is 30.3 Å². The molecule has 0 unspecified atom stereocenters. The van der Waals surface area contributed by atoms with Crippen LogP contribution in [0.5, 0.6) is 0 Å². The Bertz CT molecular complexity index is 700. The summed E-state index contributed by atoms with van der Waals surface area (Å²) in [5.41, 5.74) is 1.80. The molecule has 1 fully saturated rings. The topological polar surface area (TPSA) is 32.3 Å². The van der Waals surface area contributed by atoms with Crippen molar-refractivity contribution in [2.45, 2.75) is 38.5 Å². The lowest BCUT2D eigenvalue weighted by atomic mass is 10.2. The summed E-state index contributed by atoms with van der Waals surface area (Å²) < 4.78 is 13.5. The van der Waals surface area contributed by atoms with Crippen LogP contribution < -0.4 is 5.32 Å². The molecule has 1 aliphatic heterocycles. The lowest BCUT2D eigenvalue weighted by molar-refractivity contribution is 0.0954. The van der Waals surface area contributed by atoms with E-state index in [1.807, 2.05) is 6.07 Å². The number of fused-ring (bicyclic) bond motifs is 1. The van der Waals surface area contributed by atoms with Gasteiger partial charge in [-0.25, -0.2) is 4.39 Å². The van der Waals surface area contributed by atoms with Crippen LogP contribution in [0.4, 0.5) is 4.39 Å². The Kier molecular flexibility index (Phi) is 3.47. The fourth-order valence-electron chi connectivity index (χ4n) is 2.91. The molecular formula is C17H17FN2OS. The number of amides is 1. The summed E-state index contributed by atoms with van der Waals surface area (Å²) in [4.78, 5) is 16.8. The molecule has 5 heteroatoms.